The molecule has 28 heavy (non-hydrogen) atoms. The minimum Gasteiger partial charge on any atom is -0.341 e. The molecule has 9 heteroatoms. The smallest absolute Gasteiger partial charge is 0.341 e. The minimum atomic E-state index is -4.46. The Morgan fingerprint density at radius 1 is 1.07 bits per heavy atom. The lowest BCUT2D eigenvalue weighted by molar-refractivity contribution is -0.141. The molecule has 3 heterocycles. The third-order valence-corrected chi connectivity index (χ3v) is 3.77. The van der Waals surface area contributed by atoms with E-state index in [4.69, 9.17) is 0 Å². The van der Waals surface area contributed by atoms with E-state index < -0.39 is 11.9 Å². The topological polar surface area (TPSA) is 78.5 Å². The van der Waals surface area contributed by atoms with E-state index >= 15 is 0 Å². The summed E-state index contributed by atoms with van der Waals surface area (Å²) in [6.07, 6.45) is 1.93. The zero-order valence-electron chi connectivity index (χ0n) is 14.7. The van der Waals surface area contributed by atoms with Gasteiger partial charge in [0, 0.05) is 18.8 Å². The van der Waals surface area contributed by atoms with E-state index in [2.05, 4.69) is 44.0 Å². The fraction of sp³-hybridized carbons (Fsp3) is 0.105. The quantitative estimate of drug-likeness (QED) is 0.558. The molecule has 3 aromatic heterocycles. The normalized spacial score (nSPS) is 11.1. The van der Waals surface area contributed by atoms with Crippen molar-refractivity contribution in [2.45, 2.75) is 12.6 Å². The maximum absolute atomic E-state index is 12.6. The zero-order chi connectivity index (χ0) is 20.1. The highest BCUT2D eigenvalue weighted by atomic mass is 19.4. The summed E-state index contributed by atoms with van der Waals surface area (Å²) in [5, 5.41) is 13.0. The summed E-state index contributed by atoms with van der Waals surface area (Å²) in [4.78, 5) is 7.47. The Morgan fingerprint density at radius 2 is 1.89 bits per heavy atom. The molecular weight excluding hydrogens is 369 g/mol. The van der Waals surface area contributed by atoms with Crippen molar-refractivity contribution in [2.24, 2.45) is 0 Å². The molecule has 0 amide bonds. The van der Waals surface area contributed by atoms with E-state index in [1.54, 1.807) is 24.7 Å². The highest BCUT2D eigenvalue weighted by Gasteiger charge is 2.32. The molecule has 3 rings (SSSR count). The lowest BCUT2D eigenvalue weighted by Crippen LogP contribution is -2.09. The number of rotatable bonds is 7. The van der Waals surface area contributed by atoms with E-state index in [1.165, 1.54) is 12.3 Å². The minimum absolute atomic E-state index is 0.310. The molecule has 3 N–H and O–H groups in total. The summed E-state index contributed by atoms with van der Waals surface area (Å²) in [5.74, 6) is 0.500. The van der Waals surface area contributed by atoms with Crippen LogP contribution in [0.4, 0.5) is 24.5 Å². The van der Waals surface area contributed by atoms with Crippen molar-refractivity contribution in [3.05, 3.63) is 85.0 Å². The van der Waals surface area contributed by atoms with Gasteiger partial charge in [-0.15, -0.1) is 0 Å². The standard InChI is InChI=1S/C19H17F3N6/c1-12(8-14-5-6-17(24-9-14)19(20,21)22)18-16(11-25-28-18)27-13(2)26-15-4-3-7-23-10-15/h3-7,9-11,26-27H,1-2,8H2,(H,25,28). The van der Waals surface area contributed by atoms with Crippen molar-refractivity contribution < 1.29 is 13.2 Å². The van der Waals surface area contributed by atoms with Crippen molar-refractivity contribution in [3.63, 3.8) is 0 Å². The van der Waals surface area contributed by atoms with Crippen LogP contribution in [0, 0.1) is 0 Å². The molecule has 0 unspecified atom stereocenters. The van der Waals surface area contributed by atoms with Crippen molar-refractivity contribution in [3.8, 4) is 0 Å². The average molecular weight is 386 g/mol. The largest absolute Gasteiger partial charge is 0.433 e. The highest BCUT2D eigenvalue weighted by molar-refractivity contribution is 5.74. The number of hydrogen-bond donors (Lipinski definition) is 3. The molecule has 0 saturated heterocycles. The first kappa shape index (κ1) is 19.2. The van der Waals surface area contributed by atoms with Gasteiger partial charge in [0.25, 0.3) is 0 Å². The molecule has 0 saturated carbocycles. The Morgan fingerprint density at radius 3 is 2.54 bits per heavy atom. The maximum atomic E-state index is 12.6. The maximum Gasteiger partial charge on any atom is 0.433 e. The van der Waals surface area contributed by atoms with Crippen LogP contribution in [-0.4, -0.2) is 20.2 Å². The molecule has 0 aliphatic heterocycles. The van der Waals surface area contributed by atoms with Crippen molar-refractivity contribution in [2.75, 3.05) is 10.6 Å². The van der Waals surface area contributed by atoms with Gasteiger partial charge in [0.2, 0.25) is 0 Å². The molecular formula is C19H17F3N6. The van der Waals surface area contributed by atoms with Crippen molar-refractivity contribution in [1.82, 2.24) is 20.2 Å². The van der Waals surface area contributed by atoms with Gasteiger partial charge in [-0.05, 0) is 29.3 Å². The lowest BCUT2D eigenvalue weighted by atomic mass is 10.0. The van der Waals surface area contributed by atoms with Crippen LogP contribution in [0.15, 0.2) is 68.0 Å². The van der Waals surface area contributed by atoms with Gasteiger partial charge in [0.05, 0.1) is 29.5 Å². The molecule has 0 aliphatic rings. The van der Waals surface area contributed by atoms with Crippen LogP contribution in [0.1, 0.15) is 17.0 Å². The van der Waals surface area contributed by atoms with Crippen molar-refractivity contribution >= 4 is 16.9 Å². The number of halogens is 3. The first-order chi connectivity index (χ1) is 13.3. The molecule has 0 bridgehead atoms. The second-order valence-electron chi connectivity index (χ2n) is 5.96. The number of nitrogens with zero attached hydrogens (tertiary/aromatic N) is 3. The van der Waals surface area contributed by atoms with E-state index in [0.717, 1.165) is 11.8 Å². The van der Waals surface area contributed by atoms with Crippen molar-refractivity contribution in [1.29, 1.82) is 0 Å². The molecule has 0 radical (unpaired) electrons. The van der Waals surface area contributed by atoms with E-state index in [9.17, 15) is 13.2 Å². The molecule has 0 fully saturated rings. The second kappa shape index (κ2) is 7.95. The summed E-state index contributed by atoms with van der Waals surface area (Å²) < 4.78 is 37.8. The van der Waals surface area contributed by atoms with Gasteiger partial charge in [-0.3, -0.25) is 15.1 Å². The first-order valence-electron chi connectivity index (χ1n) is 8.19. The molecule has 0 spiro atoms. The summed E-state index contributed by atoms with van der Waals surface area (Å²) in [6, 6.07) is 5.97. The number of aromatic nitrogens is 4. The van der Waals surface area contributed by atoms with Gasteiger partial charge >= 0.3 is 6.18 Å². The number of allylic oxidation sites excluding steroid dienone is 1. The number of aromatic amines is 1. The van der Waals surface area contributed by atoms with E-state index in [-0.39, 0.29) is 0 Å². The monoisotopic (exact) mass is 386 g/mol. The number of anilines is 2. The van der Waals surface area contributed by atoms with Crippen LogP contribution in [0.5, 0.6) is 0 Å². The Balaban J connectivity index is 1.65. The predicted octanol–water partition coefficient (Wildman–Crippen LogP) is 4.47. The number of hydrogen-bond acceptors (Lipinski definition) is 5. The Bertz CT molecular complexity index is 961. The molecule has 0 aliphatic carbocycles. The molecule has 144 valence electrons. The van der Waals surface area contributed by atoms with Crippen LogP contribution in [0.25, 0.3) is 5.57 Å². The second-order valence-corrected chi connectivity index (χ2v) is 5.96. The third-order valence-electron chi connectivity index (χ3n) is 3.77. The molecule has 0 atom stereocenters. The summed E-state index contributed by atoms with van der Waals surface area (Å²) in [6.45, 7) is 7.90. The number of H-pyrrole nitrogens is 1. The van der Waals surface area contributed by atoms with Crippen LogP contribution in [0.2, 0.25) is 0 Å². The van der Waals surface area contributed by atoms with Gasteiger partial charge in [-0.2, -0.15) is 18.3 Å². The van der Waals surface area contributed by atoms with Gasteiger partial charge in [0.15, 0.2) is 0 Å². The van der Waals surface area contributed by atoms with E-state index in [0.29, 0.717) is 34.8 Å². The van der Waals surface area contributed by atoms with Gasteiger partial charge < -0.3 is 10.6 Å². The molecule has 0 aromatic carbocycles. The SMILES string of the molecule is C=C(Nc1cccnc1)Nc1cn[nH]c1C(=C)Cc1ccc(C(F)(F)F)nc1. The van der Waals surface area contributed by atoms with E-state index in [1.807, 2.05) is 6.07 Å². The molecule has 3 aromatic rings. The highest BCUT2D eigenvalue weighted by Crippen LogP contribution is 2.28. The first-order valence-corrected chi connectivity index (χ1v) is 8.19. The molecule has 6 nitrogen and oxygen atoms in total. The fourth-order valence-electron chi connectivity index (χ4n) is 2.49. The predicted molar refractivity (Wildman–Crippen MR) is 101 cm³/mol. The Kier molecular flexibility index (Phi) is 5.44. The van der Waals surface area contributed by atoms with Crippen LogP contribution < -0.4 is 10.6 Å². The number of pyridine rings is 2. The van der Waals surface area contributed by atoms with Gasteiger partial charge in [-0.25, -0.2) is 0 Å². The lowest BCUT2D eigenvalue weighted by Gasteiger charge is -2.13. The zero-order valence-corrected chi connectivity index (χ0v) is 14.7. The number of nitrogens with one attached hydrogen (secondary N) is 3. The summed E-state index contributed by atoms with van der Waals surface area (Å²) >= 11 is 0. The number of alkyl halides is 3. The van der Waals surface area contributed by atoms with Gasteiger partial charge in [-0.1, -0.05) is 19.2 Å². The Labute approximate surface area is 159 Å². The average Bonchev–Trinajstić information content (AvgIpc) is 3.10. The fourth-order valence-corrected chi connectivity index (χ4v) is 2.49. The van der Waals surface area contributed by atoms with Crippen LogP contribution in [0.3, 0.4) is 0 Å². The third kappa shape index (κ3) is 4.76. The van der Waals surface area contributed by atoms with Crippen LogP contribution >= 0.6 is 0 Å². The Hall–Kier alpha value is -3.62. The van der Waals surface area contributed by atoms with Crippen LogP contribution in [-0.2, 0) is 12.6 Å². The summed E-state index contributed by atoms with van der Waals surface area (Å²) in [7, 11) is 0. The van der Waals surface area contributed by atoms with Gasteiger partial charge in [0.1, 0.15) is 11.5 Å². The summed E-state index contributed by atoms with van der Waals surface area (Å²) in [5.41, 5.74) is 2.32.